The molecule has 0 saturated heterocycles. The summed E-state index contributed by atoms with van der Waals surface area (Å²) in [5.74, 6) is 1.65. The van der Waals surface area contributed by atoms with Crippen LogP contribution in [-0.4, -0.2) is 37.0 Å². The second-order valence-electron chi connectivity index (χ2n) is 7.21. The van der Waals surface area contributed by atoms with Crippen LogP contribution in [0.15, 0.2) is 24.3 Å². The maximum atomic E-state index is 12.4. The normalized spacial score (nSPS) is 15.3. The summed E-state index contributed by atoms with van der Waals surface area (Å²) in [6.45, 7) is 5.44. The Morgan fingerprint density at radius 1 is 1.29 bits per heavy atom. The Hall–Kier alpha value is -1.71. The van der Waals surface area contributed by atoms with Crippen LogP contribution in [0.4, 0.5) is 5.69 Å². The van der Waals surface area contributed by atoms with E-state index in [1.165, 1.54) is 19.3 Å². The van der Waals surface area contributed by atoms with Crippen molar-refractivity contribution < 1.29 is 9.53 Å². The number of ether oxygens (including phenoxy) is 1. The van der Waals surface area contributed by atoms with Crippen molar-refractivity contribution in [1.29, 1.82) is 0 Å². The monoisotopic (exact) mass is 332 g/mol. The Morgan fingerprint density at radius 3 is 2.75 bits per heavy atom. The van der Waals surface area contributed by atoms with Crippen LogP contribution in [0.25, 0.3) is 0 Å². The highest BCUT2D eigenvalue weighted by molar-refractivity contribution is 5.81. The zero-order valence-electron chi connectivity index (χ0n) is 15.4. The van der Waals surface area contributed by atoms with Crippen LogP contribution in [0.2, 0.25) is 0 Å². The Labute approximate surface area is 146 Å². The van der Waals surface area contributed by atoms with Crippen LogP contribution in [0, 0.1) is 5.92 Å². The zero-order chi connectivity index (χ0) is 17.4. The number of rotatable bonds is 8. The minimum atomic E-state index is 0.160. The van der Waals surface area contributed by atoms with Gasteiger partial charge in [0.15, 0.2) is 0 Å². The highest BCUT2D eigenvalue weighted by Crippen LogP contribution is 2.22. The van der Waals surface area contributed by atoms with Gasteiger partial charge in [-0.05, 0) is 37.3 Å². The number of benzene rings is 1. The van der Waals surface area contributed by atoms with Crippen molar-refractivity contribution in [2.24, 2.45) is 5.92 Å². The van der Waals surface area contributed by atoms with Gasteiger partial charge in [-0.2, -0.15) is 0 Å². The predicted molar refractivity (Wildman–Crippen MR) is 99.5 cm³/mol. The molecule has 1 aliphatic carbocycles. The quantitative estimate of drug-likeness (QED) is 0.771. The lowest BCUT2D eigenvalue weighted by atomic mass is 9.94. The van der Waals surface area contributed by atoms with Crippen molar-refractivity contribution in [2.75, 3.05) is 25.5 Å². The lowest BCUT2D eigenvalue weighted by molar-refractivity contribution is -0.130. The van der Waals surface area contributed by atoms with Gasteiger partial charge in [0.1, 0.15) is 5.75 Å². The lowest BCUT2D eigenvalue weighted by Gasteiger charge is -2.31. The van der Waals surface area contributed by atoms with Crippen LogP contribution in [0.3, 0.4) is 0 Å². The van der Waals surface area contributed by atoms with E-state index in [0.717, 1.165) is 37.3 Å². The molecule has 0 atom stereocenters. The molecule has 24 heavy (non-hydrogen) atoms. The number of amides is 1. The molecule has 1 aliphatic rings. The number of likely N-dealkylation sites (N-methyl/N-ethyl adjacent to an activating group) is 1. The van der Waals surface area contributed by atoms with E-state index in [-0.39, 0.29) is 5.91 Å². The van der Waals surface area contributed by atoms with Gasteiger partial charge in [-0.1, -0.05) is 39.2 Å². The first-order chi connectivity index (χ1) is 11.6. The van der Waals surface area contributed by atoms with Gasteiger partial charge >= 0.3 is 0 Å². The van der Waals surface area contributed by atoms with Gasteiger partial charge in [0.05, 0.1) is 13.2 Å². The largest absolute Gasteiger partial charge is 0.494 e. The van der Waals surface area contributed by atoms with Crippen molar-refractivity contribution in [3.8, 4) is 5.75 Å². The molecule has 0 aliphatic heterocycles. The minimum absolute atomic E-state index is 0.160. The summed E-state index contributed by atoms with van der Waals surface area (Å²) in [5, 5.41) is 3.23. The highest BCUT2D eigenvalue weighted by Gasteiger charge is 2.21. The van der Waals surface area contributed by atoms with E-state index in [0.29, 0.717) is 18.5 Å². The lowest BCUT2D eigenvalue weighted by Crippen LogP contribution is -2.41. The van der Waals surface area contributed by atoms with Crippen LogP contribution in [0.5, 0.6) is 5.75 Å². The topological polar surface area (TPSA) is 41.6 Å². The first-order valence-electron chi connectivity index (χ1n) is 9.28. The summed E-state index contributed by atoms with van der Waals surface area (Å²) >= 11 is 0. The molecule has 1 N–H and O–H groups in total. The molecule has 0 bridgehead atoms. The number of hydrogen-bond acceptors (Lipinski definition) is 3. The number of nitrogens with one attached hydrogen (secondary N) is 1. The summed E-state index contributed by atoms with van der Waals surface area (Å²) in [6, 6.07) is 8.28. The van der Waals surface area contributed by atoms with Gasteiger partial charge in [-0.15, -0.1) is 0 Å². The molecule has 4 heteroatoms. The van der Waals surface area contributed by atoms with Gasteiger partial charge in [0.25, 0.3) is 0 Å². The van der Waals surface area contributed by atoms with E-state index in [9.17, 15) is 4.79 Å². The van der Waals surface area contributed by atoms with E-state index in [2.05, 4.69) is 19.2 Å². The molecule has 1 fully saturated rings. The molecule has 0 spiro atoms. The van der Waals surface area contributed by atoms with Crippen molar-refractivity contribution in [3.05, 3.63) is 24.3 Å². The summed E-state index contributed by atoms with van der Waals surface area (Å²) in [6.07, 6.45) is 7.11. The zero-order valence-corrected chi connectivity index (χ0v) is 15.4. The van der Waals surface area contributed by atoms with E-state index < -0.39 is 0 Å². The fraction of sp³-hybridized carbons (Fsp3) is 0.650. The molecule has 2 rings (SSSR count). The second-order valence-corrected chi connectivity index (χ2v) is 7.21. The van der Waals surface area contributed by atoms with E-state index in [1.807, 2.05) is 36.2 Å². The third kappa shape index (κ3) is 6.06. The van der Waals surface area contributed by atoms with Crippen LogP contribution < -0.4 is 10.1 Å². The smallest absolute Gasteiger partial charge is 0.241 e. The molecule has 0 heterocycles. The molecular formula is C20H32N2O2. The number of carbonyl (C=O) groups is 1. The summed E-state index contributed by atoms with van der Waals surface area (Å²) in [7, 11) is 1.94. The van der Waals surface area contributed by atoms with Crippen molar-refractivity contribution in [2.45, 2.75) is 58.4 Å². The average molecular weight is 332 g/mol. The summed E-state index contributed by atoms with van der Waals surface area (Å²) in [5.41, 5.74) is 0.933. The molecule has 1 aromatic rings. The highest BCUT2D eigenvalue weighted by atomic mass is 16.5. The third-order valence-electron chi connectivity index (χ3n) is 4.76. The minimum Gasteiger partial charge on any atom is -0.494 e. The van der Waals surface area contributed by atoms with Crippen molar-refractivity contribution in [3.63, 3.8) is 0 Å². The first kappa shape index (κ1) is 18.6. The number of anilines is 1. The number of carbonyl (C=O) groups excluding carboxylic acids is 1. The molecule has 4 nitrogen and oxygen atoms in total. The van der Waals surface area contributed by atoms with E-state index >= 15 is 0 Å². The molecule has 0 unspecified atom stereocenters. The van der Waals surface area contributed by atoms with Gasteiger partial charge in [0, 0.05) is 24.8 Å². The van der Waals surface area contributed by atoms with Gasteiger partial charge in [0.2, 0.25) is 5.91 Å². The number of hydrogen-bond donors (Lipinski definition) is 1. The molecule has 1 amide bonds. The third-order valence-corrected chi connectivity index (χ3v) is 4.76. The fourth-order valence-corrected chi connectivity index (χ4v) is 3.08. The van der Waals surface area contributed by atoms with Crippen molar-refractivity contribution >= 4 is 11.6 Å². The van der Waals surface area contributed by atoms with Crippen LogP contribution in [-0.2, 0) is 4.79 Å². The molecule has 0 radical (unpaired) electrons. The fourth-order valence-electron chi connectivity index (χ4n) is 3.08. The van der Waals surface area contributed by atoms with Gasteiger partial charge in [-0.3, -0.25) is 4.79 Å². The van der Waals surface area contributed by atoms with E-state index in [4.69, 9.17) is 4.74 Å². The Bertz CT molecular complexity index is 510. The van der Waals surface area contributed by atoms with E-state index in [1.54, 1.807) is 0 Å². The first-order valence-corrected chi connectivity index (χ1v) is 9.28. The Kier molecular flexibility index (Phi) is 7.41. The van der Waals surface area contributed by atoms with Gasteiger partial charge < -0.3 is 15.0 Å². The maximum absolute atomic E-state index is 12.4. The average Bonchev–Trinajstić information content (AvgIpc) is 2.60. The van der Waals surface area contributed by atoms with Crippen LogP contribution >= 0.6 is 0 Å². The molecular weight excluding hydrogens is 300 g/mol. The Balaban J connectivity index is 1.79. The molecule has 134 valence electrons. The van der Waals surface area contributed by atoms with Crippen molar-refractivity contribution in [1.82, 2.24) is 4.90 Å². The molecule has 1 aromatic carbocycles. The summed E-state index contributed by atoms with van der Waals surface area (Å²) in [4.78, 5) is 14.3. The van der Waals surface area contributed by atoms with Crippen LogP contribution in [0.1, 0.15) is 52.4 Å². The van der Waals surface area contributed by atoms with Gasteiger partial charge in [-0.25, -0.2) is 0 Å². The Morgan fingerprint density at radius 2 is 2.04 bits per heavy atom. The SMILES string of the molecule is CC(C)CCOc1cccc(NCC(=O)N(C)C2CCCCC2)c1. The predicted octanol–water partition coefficient (Wildman–Crippen LogP) is 4.31. The molecule has 0 aromatic heterocycles. The number of nitrogens with zero attached hydrogens (tertiary/aromatic N) is 1. The second kappa shape index (κ2) is 9.55. The summed E-state index contributed by atoms with van der Waals surface area (Å²) < 4.78 is 5.77. The maximum Gasteiger partial charge on any atom is 0.241 e. The standard InChI is InChI=1S/C20H32N2O2/c1-16(2)12-13-24-19-11-7-8-17(14-19)21-15-20(23)22(3)18-9-5-4-6-10-18/h7-8,11,14,16,18,21H,4-6,9-10,12-13,15H2,1-3H3. The molecule has 1 saturated carbocycles.